The third-order valence-electron chi connectivity index (χ3n) is 2.46. The number of aromatic nitrogens is 1. The molecule has 3 heteroatoms. The summed E-state index contributed by atoms with van der Waals surface area (Å²) in [5.41, 5.74) is 7.37. The van der Waals surface area contributed by atoms with E-state index in [1.807, 2.05) is 24.3 Å². The third kappa shape index (κ3) is 1.73. The smallest absolute Gasteiger partial charge is 0.251 e. The molecule has 1 heterocycles. The standard InChI is InChI=1S/C12H14N2O/c1-2-7-14-11-8-10(13)5-3-9(11)4-6-12(14)15/h3-6,8H,2,7,13H2,1H3. The van der Waals surface area contributed by atoms with E-state index in [4.69, 9.17) is 5.73 Å². The van der Waals surface area contributed by atoms with Crippen molar-refractivity contribution in [1.29, 1.82) is 0 Å². The first kappa shape index (κ1) is 9.77. The van der Waals surface area contributed by atoms with Gasteiger partial charge in [-0.2, -0.15) is 0 Å². The van der Waals surface area contributed by atoms with Crippen molar-refractivity contribution in [3.63, 3.8) is 0 Å². The number of anilines is 1. The fourth-order valence-electron chi connectivity index (χ4n) is 1.76. The van der Waals surface area contributed by atoms with Gasteiger partial charge in [-0.25, -0.2) is 0 Å². The molecule has 0 saturated heterocycles. The molecular formula is C12H14N2O. The summed E-state index contributed by atoms with van der Waals surface area (Å²) in [5, 5.41) is 1.05. The van der Waals surface area contributed by atoms with E-state index in [9.17, 15) is 4.79 Å². The molecule has 0 unspecified atom stereocenters. The zero-order chi connectivity index (χ0) is 10.8. The second-order valence-electron chi connectivity index (χ2n) is 3.64. The van der Waals surface area contributed by atoms with E-state index in [0.29, 0.717) is 5.69 Å². The minimum Gasteiger partial charge on any atom is -0.399 e. The van der Waals surface area contributed by atoms with Crippen molar-refractivity contribution in [3.05, 3.63) is 40.7 Å². The third-order valence-corrected chi connectivity index (χ3v) is 2.46. The number of rotatable bonds is 2. The lowest BCUT2D eigenvalue weighted by Crippen LogP contribution is -2.19. The minimum absolute atomic E-state index is 0.0370. The van der Waals surface area contributed by atoms with Crippen LogP contribution in [0.1, 0.15) is 13.3 Å². The average Bonchev–Trinajstić information content (AvgIpc) is 2.23. The highest BCUT2D eigenvalue weighted by atomic mass is 16.1. The van der Waals surface area contributed by atoms with Crippen LogP contribution in [0.3, 0.4) is 0 Å². The fraction of sp³-hybridized carbons (Fsp3) is 0.250. The second-order valence-corrected chi connectivity index (χ2v) is 3.64. The molecule has 0 aliphatic rings. The number of nitrogens with zero attached hydrogens (tertiary/aromatic N) is 1. The summed E-state index contributed by atoms with van der Waals surface area (Å²) in [5.74, 6) is 0. The first-order chi connectivity index (χ1) is 7.22. The summed E-state index contributed by atoms with van der Waals surface area (Å²) >= 11 is 0. The van der Waals surface area contributed by atoms with Gasteiger partial charge in [-0.05, 0) is 30.0 Å². The highest BCUT2D eigenvalue weighted by Crippen LogP contribution is 2.15. The molecule has 0 aliphatic carbocycles. The largest absolute Gasteiger partial charge is 0.399 e. The van der Waals surface area contributed by atoms with Crippen molar-refractivity contribution in [2.45, 2.75) is 19.9 Å². The summed E-state index contributed by atoms with van der Waals surface area (Å²) < 4.78 is 1.77. The van der Waals surface area contributed by atoms with Crippen LogP contribution in [0.4, 0.5) is 5.69 Å². The summed E-state index contributed by atoms with van der Waals surface area (Å²) in [4.78, 5) is 11.7. The Hall–Kier alpha value is -1.77. The number of benzene rings is 1. The molecule has 0 amide bonds. The molecule has 0 aliphatic heterocycles. The van der Waals surface area contributed by atoms with Gasteiger partial charge >= 0.3 is 0 Å². The Balaban J connectivity index is 2.78. The Bertz CT molecular complexity index is 543. The van der Waals surface area contributed by atoms with Crippen molar-refractivity contribution in [2.24, 2.45) is 0 Å². The molecule has 15 heavy (non-hydrogen) atoms. The van der Waals surface area contributed by atoms with Gasteiger partial charge in [0.05, 0.1) is 5.52 Å². The lowest BCUT2D eigenvalue weighted by Gasteiger charge is -2.08. The van der Waals surface area contributed by atoms with E-state index in [-0.39, 0.29) is 5.56 Å². The van der Waals surface area contributed by atoms with Crippen LogP contribution in [0.5, 0.6) is 0 Å². The second kappa shape index (κ2) is 3.77. The Labute approximate surface area is 88.1 Å². The van der Waals surface area contributed by atoms with Crippen LogP contribution in [0.15, 0.2) is 35.1 Å². The van der Waals surface area contributed by atoms with Crippen molar-refractivity contribution in [1.82, 2.24) is 4.57 Å². The van der Waals surface area contributed by atoms with Gasteiger partial charge in [0.25, 0.3) is 5.56 Å². The molecule has 2 rings (SSSR count). The monoisotopic (exact) mass is 202 g/mol. The Morgan fingerprint density at radius 2 is 2.00 bits per heavy atom. The predicted octanol–water partition coefficient (Wildman–Crippen LogP) is 1.99. The van der Waals surface area contributed by atoms with Gasteiger partial charge in [0.2, 0.25) is 0 Å². The van der Waals surface area contributed by atoms with Gasteiger partial charge in [0.1, 0.15) is 0 Å². The summed E-state index contributed by atoms with van der Waals surface area (Å²) in [6, 6.07) is 9.09. The molecule has 0 fully saturated rings. The Morgan fingerprint density at radius 3 is 2.73 bits per heavy atom. The van der Waals surface area contributed by atoms with E-state index in [2.05, 4.69) is 6.92 Å². The van der Waals surface area contributed by atoms with Gasteiger partial charge in [0.15, 0.2) is 0 Å². The topological polar surface area (TPSA) is 48.0 Å². The predicted molar refractivity (Wildman–Crippen MR) is 62.9 cm³/mol. The van der Waals surface area contributed by atoms with Gasteiger partial charge in [-0.3, -0.25) is 4.79 Å². The molecule has 0 radical (unpaired) electrons. The summed E-state index contributed by atoms with van der Waals surface area (Å²) in [6.45, 7) is 2.79. The first-order valence-corrected chi connectivity index (χ1v) is 5.11. The lowest BCUT2D eigenvalue weighted by molar-refractivity contribution is 0.678. The SMILES string of the molecule is CCCn1c(=O)ccc2ccc(N)cc21. The molecule has 0 saturated carbocycles. The first-order valence-electron chi connectivity index (χ1n) is 5.11. The summed E-state index contributed by atoms with van der Waals surface area (Å²) in [7, 11) is 0. The highest BCUT2D eigenvalue weighted by molar-refractivity contribution is 5.82. The molecule has 1 aromatic carbocycles. The van der Waals surface area contributed by atoms with E-state index < -0.39 is 0 Å². The Kier molecular flexibility index (Phi) is 2.46. The molecule has 78 valence electrons. The number of nitrogens with two attached hydrogens (primary N) is 1. The van der Waals surface area contributed by atoms with Gasteiger partial charge < -0.3 is 10.3 Å². The van der Waals surface area contributed by atoms with E-state index in [1.165, 1.54) is 0 Å². The highest BCUT2D eigenvalue weighted by Gasteiger charge is 2.01. The lowest BCUT2D eigenvalue weighted by atomic mass is 10.2. The number of pyridine rings is 1. The maximum atomic E-state index is 11.7. The zero-order valence-corrected chi connectivity index (χ0v) is 8.73. The quantitative estimate of drug-likeness (QED) is 0.757. The minimum atomic E-state index is 0.0370. The van der Waals surface area contributed by atoms with E-state index in [0.717, 1.165) is 23.9 Å². The normalized spacial score (nSPS) is 10.7. The van der Waals surface area contributed by atoms with Gasteiger partial charge in [0, 0.05) is 18.3 Å². The number of hydrogen-bond acceptors (Lipinski definition) is 2. The van der Waals surface area contributed by atoms with Crippen molar-refractivity contribution >= 4 is 16.6 Å². The fourth-order valence-corrected chi connectivity index (χ4v) is 1.76. The number of nitrogen functional groups attached to an aromatic ring is 1. The summed E-state index contributed by atoms with van der Waals surface area (Å²) in [6.07, 6.45) is 0.938. The van der Waals surface area contributed by atoms with Crippen LogP contribution in [0, 0.1) is 0 Å². The van der Waals surface area contributed by atoms with Crippen LogP contribution in [-0.4, -0.2) is 4.57 Å². The van der Waals surface area contributed by atoms with E-state index >= 15 is 0 Å². The molecule has 0 spiro atoms. The Morgan fingerprint density at radius 1 is 1.27 bits per heavy atom. The van der Waals surface area contributed by atoms with Crippen LogP contribution in [0.25, 0.3) is 10.9 Å². The van der Waals surface area contributed by atoms with Crippen LogP contribution >= 0.6 is 0 Å². The molecule has 1 aromatic heterocycles. The van der Waals surface area contributed by atoms with Gasteiger partial charge in [-0.1, -0.05) is 13.0 Å². The number of hydrogen-bond donors (Lipinski definition) is 1. The van der Waals surface area contributed by atoms with Gasteiger partial charge in [-0.15, -0.1) is 0 Å². The zero-order valence-electron chi connectivity index (χ0n) is 8.73. The van der Waals surface area contributed by atoms with Crippen LogP contribution in [-0.2, 0) is 6.54 Å². The number of aryl methyl sites for hydroxylation is 1. The molecular weight excluding hydrogens is 188 g/mol. The van der Waals surface area contributed by atoms with Crippen LogP contribution in [0.2, 0.25) is 0 Å². The van der Waals surface area contributed by atoms with E-state index in [1.54, 1.807) is 10.6 Å². The maximum Gasteiger partial charge on any atom is 0.251 e. The van der Waals surface area contributed by atoms with Crippen molar-refractivity contribution in [2.75, 3.05) is 5.73 Å². The molecule has 2 aromatic rings. The maximum absolute atomic E-state index is 11.7. The van der Waals surface area contributed by atoms with Crippen molar-refractivity contribution < 1.29 is 0 Å². The number of fused-ring (bicyclic) bond motifs is 1. The molecule has 3 nitrogen and oxygen atoms in total. The molecule has 2 N–H and O–H groups in total. The van der Waals surface area contributed by atoms with Crippen LogP contribution < -0.4 is 11.3 Å². The average molecular weight is 202 g/mol. The molecule has 0 atom stereocenters. The van der Waals surface area contributed by atoms with Crippen molar-refractivity contribution in [3.8, 4) is 0 Å². The molecule has 0 bridgehead atoms.